The molecule has 0 aromatic carbocycles. The quantitative estimate of drug-likeness (QED) is 0.835. The summed E-state index contributed by atoms with van der Waals surface area (Å²) in [6, 6.07) is 3.60. The van der Waals surface area contributed by atoms with Crippen LogP contribution >= 0.6 is 11.8 Å². The van der Waals surface area contributed by atoms with Crippen molar-refractivity contribution >= 4 is 28.9 Å². The minimum Gasteiger partial charge on any atom is -0.465 e. The molecule has 0 radical (unpaired) electrons. The zero-order valence-electron chi connectivity index (χ0n) is 11.6. The van der Waals surface area contributed by atoms with Gasteiger partial charge in [0.05, 0.1) is 17.8 Å². The van der Waals surface area contributed by atoms with Gasteiger partial charge in [0.15, 0.2) is 5.17 Å². The number of aliphatic hydroxyl groups is 1. The van der Waals surface area contributed by atoms with Crippen LogP contribution < -0.4 is 0 Å². The van der Waals surface area contributed by atoms with Crippen LogP contribution in [0.2, 0.25) is 0 Å². The number of rotatable bonds is 3. The first kappa shape index (κ1) is 14.4. The third-order valence-electron chi connectivity index (χ3n) is 3.48. The lowest BCUT2D eigenvalue weighted by Crippen LogP contribution is -2.48. The average molecular weight is 307 g/mol. The predicted octanol–water partition coefficient (Wildman–Crippen LogP) is 0.860. The number of aliphatic imine (C=N–C) groups is 1. The van der Waals surface area contributed by atoms with Crippen molar-refractivity contribution in [2.75, 3.05) is 39.3 Å². The van der Waals surface area contributed by atoms with E-state index in [4.69, 9.17) is 9.52 Å². The van der Waals surface area contributed by atoms with Crippen molar-refractivity contribution in [3.63, 3.8) is 0 Å². The molecule has 1 aromatic rings. The van der Waals surface area contributed by atoms with Crippen molar-refractivity contribution in [3.05, 3.63) is 29.1 Å². The van der Waals surface area contributed by atoms with Gasteiger partial charge >= 0.3 is 0 Å². The van der Waals surface area contributed by atoms with Crippen LogP contribution in [0, 0.1) is 0 Å². The topological polar surface area (TPSA) is 69.3 Å². The fourth-order valence-corrected chi connectivity index (χ4v) is 3.28. The van der Waals surface area contributed by atoms with Crippen LogP contribution in [0.15, 0.2) is 32.7 Å². The van der Waals surface area contributed by atoms with E-state index >= 15 is 0 Å². The predicted molar refractivity (Wildman–Crippen MR) is 81.8 cm³/mol. The van der Waals surface area contributed by atoms with Gasteiger partial charge in [-0.25, -0.2) is 0 Å². The molecule has 0 atom stereocenters. The van der Waals surface area contributed by atoms with E-state index < -0.39 is 0 Å². The van der Waals surface area contributed by atoms with E-state index in [1.807, 2.05) is 6.07 Å². The number of piperazine rings is 1. The number of thioether (sulfide) groups is 1. The summed E-state index contributed by atoms with van der Waals surface area (Å²) in [6.45, 7) is 4.30. The molecule has 1 aromatic heterocycles. The van der Waals surface area contributed by atoms with Crippen molar-refractivity contribution in [1.82, 2.24) is 9.80 Å². The number of hydrogen-bond acceptors (Lipinski definition) is 6. The van der Waals surface area contributed by atoms with Crippen molar-refractivity contribution in [2.24, 2.45) is 4.99 Å². The van der Waals surface area contributed by atoms with Crippen molar-refractivity contribution in [1.29, 1.82) is 0 Å². The van der Waals surface area contributed by atoms with E-state index in [2.05, 4.69) is 14.8 Å². The highest BCUT2D eigenvalue weighted by atomic mass is 32.2. The first-order chi connectivity index (χ1) is 10.3. The van der Waals surface area contributed by atoms with Crippen LogP contribution in [0.1, 0.15) is 5.76 Å². The molecule has 0 bridgehead atoms. The Hall–Kier alpha value is -1.57. The first-order valence-electron chi connectivity index (χ1n) is 6.90. The maximum Gasteiger partial charge on any atom is 0.286 e. The second-order valence-electron chi connectivity index (χ2n) is 4.88. The Balaban J connectivity index is 1.61. The molecule has 0 aliphatic carbocycles. The molecule has 0 spiro atoms. The minimum absolute atomic E-state index is 0.185. The molecule has 3 heterocycles. The van der Waals surface area contributed by atoms with Crippen LogP contribution in [0.25, 0.3) is 6.08 Å². The molecule has 0 saturated carbocycles. The fraction of sp³-hybridized carbons (Fsp3) is 0.429. The largest absolute Gasteiger partial charge is 0.465 e. The lowest BCUT2D eigenvalue weighted by Gasteiger charge is -2.34. The van der Waals surface area contributed by atoms with Gasteiger partial charge in [0.25, 0.3) is 5.91 Å². The number of amides is 1. The first-order valence-corrected chi connectivity index (χ1v) is 7.72. The summed E-state index contributed by atoms with van der Waals surface area (Å²) in [5.74, 6) is 0.458. The fourth-order valence-electron chi connectivity index (χ4n) is 2.34. The standard InChI is InChI=1S/C14H17N3O3S/c18-8-7-16-3-5-17(6-4-16)14-15-13(19)12(21-14)10-11-2-1-9-20-11/h1-2,9-10,18H,3-8H2/b12-10+. The lowest BCUT2D eigenvalue weighted by atomic mass is 10.3. The van der Waals surface area contributed by atoms with Gasteiger partial charge < -0.3 is 14.4 Å². The van der Waals surface area contributed by atoms with Gasteiger partial charge in [-0.15, -0.1) is 0 Å². The highest BCUT2D eigenvalue weighted by molar-refractivity contribution is 8.18. The minimum atomic E-state index is -0.204. The molecule has 2 aliphatic rings. The Kier molecular flexibility index (Phi) is 4.42. The number of carbonyl (C=O) groups excluding carboxylic acids is 1. The number of furan rings is 1. The average Bonchev–Trinajstić information content (AvgIpc) is 3.11. The zero-order chi connectivity index (χ0) is 14.7. The Morgan fingerprint density at radius 3 is 2.86 bits per heavy atom. The van der Waals surface area contributed by atoms with Crippen LogP contribution in [-0.4, -0.2) is 65.3 Å². The van der Waals surface area contributed by atoms with Gasteiger partial charge in [0.2, 0.25) is 0 Å². The van der Waals surface area contributed by atoms with Crippen LogP contribution in [0.4, 0.5) is 0 Å². The van der Waals surface area contributed by atoms with E-state index in [1.54, 1.807) is 18.4 Å². The second-order valence-corrected chi connectivity index (χ2v) is 5.89. The molecule has 1 amide bonds. The van der Waals surface area contributed by atoms with Crippen LogP contribution in [0.3, 0.4) is 0 Å². The molecule has 7 heteroatoms. The number of nitrogens with zero attached hydrogens (tertiary/aromatic N) is 3. The summed E-state index contributed by atoms with van der Waals surface area (Å²) in [4.78, 5) is 21.0. The molecule has 112 valence electrons. The molecule has 1 fully saturated rings. The maximum absolute atomic E-state index is 11.9. The van der Waals surface area contributed by atoms with E-state index in [-0.39, 0.29) is 12.5 Å². The van der Waals surface area contributed by atoms with Gasteiger partial charge in [-0.05, 0) is 23.9 Å². The van der Waals surface area contributed by atoms with Crippen molar-refractivity contribution in [3.8, 4) is 0 Å². The molecular formula is C14H17N3O3S. The van der Waals surface area contributed by atoms with Gasteiger partial charge in [0, 0.05) is 38.8 Å². The summed E-state index contributed by atoms with van der Waals surface area (Å²) in [6.07, 6.45) is 3.31. The molecule has 2 aliphatic heterocycles. The number of aliphatic hydroxyl groups excluding tert-OH is 1. The summed E-state index contributed by atoms with van der Waals surface area (Å²) < 4.78 is 5.23. The third kappa shape index (κ3) is 3.37. The highest BCUT2D eigenvalue weighted by Crippen LogP contribution is 2.30. The third-order valence-corrected chi connectivity index (χ3v) is 4.53. The Labute approximate surface area is 127 Å². The maximum atomic E-state index is 11.9. The molecule has 6 nitrogen and oxygen atoms in total. The Morgan fingerprint density at radius 1 is 1.38 bits per heavy atom. The van der Waals surface area contributed by atoms with E-state index in [1.165, 1.54) is 11.8 Å². The summed E-state index contributed by atoms with van der Waals surface area (Å²) >= 11 is 1.40. The molecule has 3 rings (SSSR count). The number of amidine groups is 1. The van der Waals surface area contributed by atoms with Gasteiger partial charge in [-0.3, -0.25) is 9.69 Å². The van der Waals surface area contributed by atoms with Gasteiger partial charge in [-0.1, -0.05) is 0 Å². The van der Waals surface area contributed by atoms with Gasteiger partial charge in [-0.2, -0.15) is 4.99 Å². The Morgan fingerprint density at radius 2 is 2.19 bits per heavy atom. The molecule has 21 heavy (non-hydrogen) atoms. The zero-order valence-corrected chi connectivity index (χ0v) is 12.4. The smallest absolute Gasteiger partial charge is 0.286 e. The van der Waals surface area contributed by atoms with Crippen molar-refractivity contribution < 1.29 is 14.3 Å². The van der Waals surface area contributed by atoms with E-state index in [0.717, 1.165) is 31.3 Å². The molecule has 1 saturated heterocycles. The van der Waals surface area contributed by atoms with Gasteiger partial charge in [0.1, 0.15) is 5.76 Å². The molecule has 0 unspecified atom stereocenters. The highest BCUT2D eigenvalue weighted by Gasteiger charge is 2.28. The van der Waals surface area contributed by atoms with E-state index in [9.17, 15) is 4.79 Å². The molecule has 1 N–H and O–H groups in total. The normalized spacial score (nSPS) is 22.1. The lowest BCUT2D eigenvalue weighted by molar-refractivity contribution is -0.113. The monoisotopic (exact) mass is 307 g/mol. The molecular weight excluding hydrogens is 290 g/mol. The van der Waals surface area contributed by atoms with Crippen LogP contribution in [0.5, 0.6) is 0 Å². The summed E-state index contributed by atoms with van der Waals surface area (Å²) in [7, 11) is 0. The van der Waals surface area contributed by atoms with Crippen LogP contribution in [-0.2, 0) is 4.79 Å². The van der Waals surface area contributed by atoms with Crippen molar-refractivity contribution in [2.45, 2.75) is 0 Å². The Bertz CT molecular complexity index is 560. The summed E-state index contributed by atoms with van der Waals surface area (Å²) in [5, 5.41) is 9.71. The van der Waals surface area contributed by atoms with E-state index in [0.29, 0.717) is 17.2 Å². The second kappa shape index (κ2) is 6.46. The number of β-amino-alcohol motifs (C(OH)–C–C–N with tert-alkyl or cyclic N) is 1. The number of carbonyl (C=O) groups is 1. The SMILES string of the molecule is O=C1N=C(N2CCN(CCO)CC2)S/C1=C/c1ccco1. The summed E-state index contributed by atoms with van der Waals surface area (Å²) in [5.41, 5.74) is 0. The number of hydrogen-bond donors (Lipinski definition) is 1.